The van der Waals surface area contributed by atoms with Gasteiger partial charge in [-0.1, -0.05) is 127 Å². The van der Waals surface area contributed by atoms with Crippen molar-refractivity contribution >= 4 is 76.5 Å². The van der Waals surface area contributed by atoms with E-state index in [1.165, 1.54) is 21.5 Å². The summed E-state index contributed by atoms with van der Waals surface area (Å²) >= 11 is 0. The smallest absolute Gasteiger partial charge is 0.164 e. The fraction of sp³-hybridized carbons (Fsp3) is 0. The van der Waals surface area contributed by atoms with E-state index in [2.05, 4.69) is 102 Å². The van der Waals surface area contributed by atoms with Gasteiger partial charge in [0.2, 0.25) is 0 Å². The van der Waals surface area contributed by atoms with Crippen molar-refractivity contribution in [3.8, 4) is 39.9 Å². The molecule has 0 aliphatic carbocycles. The minimum atomic E-state index is 0.553. The molecule has 6 heteroatoms. The predicted octanol–water partition coefficient (Wildman–Crippen LogP) is 12.9. The number of hydrogen-bond acceptors (Lipinski definition) is 5. The van der Waals surface area contributed by atoms with Crippen LogP contribution in [0.5, 0.6) is 0 Å². The third-order valence-corrected chi connectivity index (χ3v) is 10.8. The summed E-state index contributed by atoms with van der Waals surface area (Å²) in [6.07, 6.45) is 0. The Labute approximate surface area is 313 Å². The number of rotatable bonds is 4. The quantitative estimate of drug-likeness (QED) is 0.182. The number of fused-ring (bicyclic) bond motifs is 11. The van der Waals surface area contributed by atoms with E-state index in [9.17, 15) is 0 Å². The maximum atomic E-state index is 6.67. The molecule has 0 unspecified atom stereocenters. The van der Waals surface area contributed by atoms with E-state index in [1.54, 1.807) is 0 Å². The van der Waals surface area contributed by atoms with Gasteiger partial charge in [0.1, 0.15) is 22.3 Å². The summed E-state index contributed by atoms with van der Waals surface area (Å²) in [5.74, 6) is 1.69. The average molecular weight is 705 g/mol. The Bertz CT molecular complexity index is 3500. The topological polar surface area (TPSA) is 69.9 Å². The first-order valence-electron chi connectivity index (χ1n) is 18.4. The molecule has 0 saturated carbocycles. The van der Waals surface area contributed by atoms with Gasteiger partial charge in [0, 0.05) is 60.5 Å². The number of para-hydroxylation sites is 3. The molecule has 0 bridgehead atoms. The highest BCUT2D eigenvalue weighted by Crippen LogP contribution is 2.42. The summed E-state index contributed by atoms with van der Waals surface area (Å²) in [6.45, 7) is 0. The third kappa shape index (κ3) is 4.52. The summed E-state index contributed by atoms with van der Waals surface area (Å²) in [6, 6.07) is 58.6. The fourth-order valence-corrected chi connectivity index (χ4v) is 8.35. The number of benzene rings is 8. The zero-order chi connectivity index (χ0) is 36.0. The molecular weight excluding hydrogens is 677 g/mol. The highest BCUT2D eigenvalue weighted by atomic mass is 16.3. The minimum absolute atomic E-state index is 0.553. The van der Waals surface area contributed by atoms with Crippen molar-refractivity contribution in [2.75, 3.05) is 0 Å². The zero-order valence-corrected chi connectivity index (χ0v) is 29.3. The van der Waals surface area contributed by atoms with Crippen molar-refractivity contribution in [3.05, 3.63) is 170 Å². The number of aromatic nitrogens is 4. The SMILES string of the molecule is c1ccc(-c2nc(-c3ccc4c(c3)oc3ccccc34)nc(-c3cc(-n4c5ccccc5c5ccc6ccccc6c54)cc4oc5ccccc5c34)n2)cc1. The third-order valence-electron chi connectivity index (χ3n) is 10.8. The van der Waals surface area contributed by atoms with Crippen molar-refractivity contribution in [2.45, 2.75) is 0 Å². The molecular formula is C49H28N4O2. The van der Waals surface area contributed by atoms with E-state index in [4.69, 9.17) is 23.8 Å². The molecule has 0 N–H and O–H groups in total. The fourth-order valence-electron chi connectivity index (χ4n) is 8.35. The van der Waals surface area contributed by atoms with Crippen LogP contribution >= 0.6 is 0 Å². The van der Waals surface area contributed by atoms with Crippen molar-refractivity contribution in [1.29, 1.82) is 0 Å². The number of furan rings is 2. The monoisotopic (exact) mass is 704 g/mol. The van der Waals surface area contributed by atoms with Crippen LogP contribution in [0.3, 0.4) is 0 Å². The molecule has 55 heavy (non-hydrogen) atoms. The number of nitrogens with zero attached hydrogens (tertiary/aromatic N) is 4. The summed E-state index contributed by atoms with van der Waals surface area (Å²) in [7, 11) is 0. The molecule has 0 atom stereocenters. The molecule has 6 nitrogen and oxygen atoms in total. The second-order valence-corrected chi connectivity index (χ2v) is 14.0. The van der Waals surface area contributed by atoms with Gasteiger partial charge in [-0.3, -0.25) is 0 Å². The van der Waals surface area contributed by atoms with Crippen molar-refractivity contribution in [2.24, 2.45) is 0 Å². The first-order valence-corrected chi connectivity index (χ1v) is 18.4. The number of hydrogen-bond donors (Lipinski definition) is 0. The summed E-state index contributed by atoms with van der Waals surface area (Å²) < 4.78 is 15.3. The van der Waals surface area contributed by atoms with Crippen LogP contribution in [0.25, 0.3) is 116 Å². The Morgan fingerprint density at radius 3 is 1.85 bits per heavy atom. The van der Waals surface area contributed by atoms with Crippen molar-refractivity contribution < 1.29 is 8.83 Å². The van der Waals surface area contributed by atoms with Crippen molar-refractivity contribution in [1.82, 2.24) is 19.5 Å². The largest absolute Gasteiger partial charge is 0.456 e. The van der Waals surface area contributed by atoms with Crippen LogP contribution in [-0.4, -0.2) is 19.5 Å². The van der Waals surface area contributed by atoms with Crippen LogP contribution in [-0.2, 0) is 0 Å². The molecule has 0 amide bonds. The van der Waals surface area contributed by atoms with Gasteiger partial charge in [0.25, 0.3) is 0 Å². The molecule has 0 saturated heterocycles. The van der Waals surface area contributed by atoms with Crippen LogP contribution in [0.15, 0.2) is 179 Å². The predicted molar refractivity (Wildman–Crippen MR) is 223 cm³/mol. The lowest BCUT2D eigenvalue weighted by Gasteiger charge is -2.13. The molecule has 0 aliphatic rings. The van der Waals surface area contributed by atoms with E-state index in [0.29, 0.717) is 17.5 Å². The van der Waals surface area contributed by atoms with E-state index >= 15 is 0 Å². The molecule has 0 radical (unpaired) electrons. The molecule has 256 valence electrons. The van der Waals surface area contributed by atoms with Gasteiger partial charge in [-0.15, -0.1) is 0 Å². The van der Waals surface area contributed by atoms with Gasteiger partial charge in [-0.25, -0.2) is 15.0 Å². The van der Waals surface area contributed by atoms with Gasteiger partial charge in [0.15, 0.2) is 17.5 Å². The normalized spacial score (nSPS) is 12.0. The minimum Gasteiger partial charge on any atom is -0.456 e. The molecule has 12 rings (SSSR count). The lowest BCUT2D eigenvalue weighted by molar-refractivity contribution is 0.668. The Kier molecular flexibility index (Phi) is 6.24. The first kappa shape index (κ1) is 29.9. The summed E-state index contributed by atoms with van der Waals surface area (Å²) in [4.78, 5) is 15.6. The standard InChI is InChI=1S/C49H28N4O2/c1-2-13-30(14-3-1)47-50-48(31-23-24-36-35-17-7-10-20-41(35)54-43(36)26-31)52-49(51-47)39-27-32(28-44-45(39)38-18-8-11-21-42(38)55-44)53-40-19-9-6-16-34(40)37-25-22-29-12-4-5-15-33(29)46(37)53/h1-28H. The second kappa shape index (κ2) is 11.5. The lowest BCUT2D eigenvalue weighted by atomic mass is 10.0. The molecule has 0 fully saturated rings. The highest BCUT2D eigenvalue weighted by Gasteiger charge is 2.22. The molecule has 12 aromatic rings. The summed E-state index contributed by atoms with van der Waals surface area (Å²) in [5, 5.41) is 8.81. The second-order valence-electron chi connectivity index (χ2n) is 14.0. The van der Waals surface area contributed by atoms with Crippen LogP contribution in [0.4, 0.5) is 0 Å². The maximum Gasteiger partial charge on any atom is 0.164 e. The van der Waals surface area contributed by atoms with Crippen LogP contribution < -0.4 is 0 Å². The highest BCUT2D eigenvalue weighted by molar-refractivity contribution is 6.19. The zero-order valence-electron chi connectivity index (χ0n) is 29.3. The summed E-state index contributed by atoms with van der Waals surface area (Å²) in [5.41, 5.74) is 8.98. The van der Waals surface area contributed by atoms with Gasteiger partial charge in [0.05, 0.1) is 16.7 Å². The van der Waals surface area contributed by atoms with Crippen LogP contribution in [0.2, 0.25) is 0 Å². The van der Waals surface area contributed by atoms with Crippen molar-refractivity contribution in [3.63, 3.8) is 0 Å². The van der Waals surface area contributed by atoms with Gasteiger partial charge < -0.3 is 13.4 Å². The Morgan fingerprint density at radius 1 is 0.382 bits per heavy atom. The molecule has 4 aromatic heterocycles. The van der Waals surface area contributed by atoms with E-state index in [1.807, 2.05) is 72.8 Å². The molecule has 8 aromatic carbocycles. The van der Waals surface area contributed by atoms with Gasteiger partial charge in [-0.05, 0) is 41.8 Å². The van der Waals surface area contributed by atoms with E-state index in [0.717, 1.165) is 77.3 Å². The van der Waals surface area contributed by atoms with Crippen LogP contribution in [0, 0.1) is 0 Å². The van der Waals surface area contributed by atoms with Gasteiger partial charge in [-0.2, -0.15) is 0 Å². The molecule has 0 aliphatic heterocycles. The average Bonchev–Trinajstić information content (AvgIpc) is 3.93. The molecule has 4 heterocycles. The Balaban J connectivity index is 1.18. The Hall–Kier alpha value is -7.57. The lowest BCUT2D eigenvalue weighted by Crippen LogP contribution is -2.02. The van der Waals surface area contributed by atoms with Crippen LogP contribution in [0.1, 0.15) is 0 Å². The Morgan fingerprint density at radius 2 is 1.00 bits per heavy atom. The van der Waals surface area contributed by atoms with E-state index < -0.39 is 0 Å². The van der Waals surface area contributed by atoms with E-state index in [-0.39, 0.29) is 0 Å². The molecule has 0 spiro atoms. The first-order chi connectivity index (χ1) is 27.2. The maximum absolute atomic E-state index is 6.67. The van der Waals surface area contributed by atoms with Gasteiger partial charge >= 0.3 is 0 Å².